The van der Waals surface area contributed by atoms with Gasteiger partial charge in [-0.2, -0.15) is 0 Å². The number of hydrogen-bond acceptors (Lipinski definition) is 5. The van der Waals surface area contributed by atoms with E-state index in [9.17, 15) is 9.59 Å². The molecule has 2 amide bonds. The molecule has 0 radical (unpaired) electrons. The molecule has 1 aromatic rings. The molecule has 0 aliphatic heterocycles. The van der Waals surface area contributed by atoms with Crippen molar-refractivity contribution in [1.29, 1.82) is 0 Å². The minimum atomic E-state index is -0.898. The van der Waals surface area contributed by atoms with Gasteiger partial charge in [0.2, 0.25) is 0 Å². The Labute approximate surface area is 128 Å². The number of rotatable bonds is 4. The number of carbonyl (C=O) groups is 2. The topological polar surface area (TPSA) is 131 Å². The van der Waals surface area contributed by atoms with Crippen molar-refractivity contribution < 1.29 is 19.1 Å². The van der Waals surface area contributed by atoms with E-state index in [-0.39, 0.29) is 6.04 Å². The molecule has 0 saturated heterocycles. The summed E-state index contributed by atoms with van der Waals surface area (Å²) in [6.45, 7) is 0. The molecule has 7 heteroatoms. The van der Waals surface area contributed by atoms with Crippen molar-refractivity contribution >= 4 is 12.2 Å². The Morgan fingerprint density at radius 2 is 1.82 bits per heavy atom. The number of carbonyl (C=O) groups excluding carboxylic acids is 2. The molecule has 0 spiro atoms. The minimum Gasteiger partial charge on any atom is -0.446 e. The minimum absolute atomic E-state index is 0.277. The summed E-state index contributed by atoms with van der Waals surface area (Å²) in [7, 11) is 0. The Morgan fingerprint density at radius 3 is 2.41 bits per heavy atom. The van der Waals surface area contributed by atoms with Gasteiger partial charge in [-0.25, -0.2) is 9.59 Å². The highest BCUT2D eigenvalue weighted by Crippen LogP contribution is 2.35. The summed E-state index contributed by atoms with van der Waals surface area (Å²) in [5, 5.41) is 0. The van der Waals surface area contributed by atoms with Crippen LogP contribution >= 0.6 is 0 Å². The van der Waals surface area contributed by atoms with E-state index in [2.05, 4.69) is 0 Å². The van der Waals surface area contributed by atoms with Crippen molar-refractivity contribution in [3.63, 3.8) is 0 Å². The van der Waals surface area contributed by atoms with Crippen LogP contribution < -0.4 is 17.2 Å². The molecule has 3 atom stereocenters. The number of primary amides is 2. The molecule has 7 nitrogen and oxygen atoms in total. The third-order valence-corrected chi connectivity index (χ3v) is 3.77. The lowest BCUT2D eigenvalue weighted by atomic mass is 9.76. The Kier molecular flexibility index (Phi) is 4.87. The SMILES string of the molecule is NC(=O)O[C@H]1C[C@@H](N)C[C@@](Cc2ccccc2)(OC(N)=O)C1. The number of ether oxygens (including phenoxy) is 2. The first kappa shape index (κ1) is 16.1. The van der Waals surface area contributed by atoms with Crippen molar-refractivity contribution in [2.24, 2.45) is 17.2 Å². The van der Waals surface area contributed by atoms with Crippen molar-refractivity contribution in [3.05, 3.63) is 35.9 Å². The zero-order valence-electron chi connectivity index (χ0n) is 12.2. The average molecular weight is 307 g/mol. The first-order valence-electron chi connectivity index (χ1n) is 7.12. The van der Waals surface area contributed by atoms with Crippen LogP contribution in [0.5, 0.6) is 0 Å². The third kappa shape index (κ3) is 4.36. The summed E-state index contributed by atoms with van der Waals surface area (Å²) in [5.41, 5.74) is 16.4. The zero-order valence-corrected chi connectivity index (χ0v) is 12.2. The fourth-order valence-electron chi connectivity index (χ4n) is 3.18. The maximum Gasteiger partial charge on any atom is 0.405 e. The molecular formula is C15H21N3O4. The van der Waals surface area contributed by atoms with E-state index >= 15 is 0 Å². The maximum atomic E-state index is 11.3. The van der Waals surface area contributed by atoms with Crippen LogP contribution in [0.1, 0.15) is 24.8 Å². The number of benzene rings is 1. The van der Waals surface area contributed by atoms with Crippen molar-refractivity contribution in [2.75, 3.05) is 0 Å². The van der Waals surface area contributed by atoms with E-state index < -0.39 is 23.9 Å². The van der Waals surface area contributed by atoms with Gasteiger partial charge in [0.1, 0.15) is 11.7 Å². The second kappa shape index (κ2) is 6.65. The highest BCUT2D eigenvalue weighted by atomic mass is 16.6. The van der Waals surface area contributed by atoms with E-state index in [1.165, 1.54) is 0 Å². The van der Waals surface area contributed by atoms with Gasteiger partial charge in [0.25, 0.3) is 0 Å². The van der Waals surface area contributed by atoms with E-state index in [1.54, 1.807) is 0 Å². The molecule has 120 valence electrons. The van der Waals surface area contributed by atoms with Gasteiger partial charge in [-0.3, -0.25) is 0 Å². The van der Waals surface area contributed by atoms with Crippen LogP contribution in [0, 0.1) is 0 Å². The predicted octanol–water partition coefficient (Wildman–Crippen LogP) is 1.04. The number of amides is 2. The molecule has 1 fully saturated rings. The van der Waals surface area contributed by atoms with E-state index in [4.69, 9.17) is 26.7 Å². The van der Waals surface area contributed by atoms with Crippen LogP contribution in [0.3, 0.4) is 0 Å². The summed E-state index contributed by atoms with van der Waals surface area (Å²) < 4.78 is 10.5. The molecule has 0 aromatic heterocycles. The molecule has 22 heavy (non-hydrogen) atoms. The molecule has 6 N–H and O–H groups in total. The van der Waals surface area contributed by atoms with Gasteiger partial charge in [0.05, 0.1) is 0 Å². The Morgan fingerprint density at radius 1 is 1.14 bits per heavy atom. The Bertz CT molecular complexity index is 537. The molecule has 1 aliphatic rings. The molecule has 1 aromatic carbocycles. The largest absolute Gasteiger partial charge is 0.446 e. The smallest absolute Gasteiger partial charge is 0.405 e. The highest BCUT2D eigenvalue weighted by Gasteiger charge is 2.44. The van der Waals surface area contributed by atoms with Gasteiger partial charge in [-0.1, -0.05) is 30.3 Å². The number of nitrogens with two attached hydrogens (primary N) is 3. The van der Waals surface area contributed by atoms with Gasteiger partial charge < -0.3 is 26.7 Å². The monoisotopic (exact) mass is 307 g/mol. The second-order valence-electron chi connectivity index (χ2n) is 5.73. The van der Waals surface area contributed by atoms with Gasteiger partial charge in [-0.15, -0.1) is 0 Å². The lowest BCUT2D eigenvalue weighted by molar-refractivity contribution is -0.0596. The van der Waals surface area contributed by atoms with E-state index in [0.29, 0.717) is 25.7 Å². The van der Waals surface area contributed by atoms with Crippen molar-refractivity contribution in [2.45, 2.75) is 43.4 Å². The predicted molar refractivity (Wildman–Crippen MR) is 79.8 cm³/mol. The molecular weight excluding hydrogens is 286 g/mol. The summed E-state index contributed by atoms with van der Waals surface area (Å²) in [4.78, 5) is 22.3. The maximum absolute atomic E-state index is 11.3. The summed E-state index contributed by atoms with van der Waals surface area (Å²) >= 11 is 0. The summed E-state index contributed by atoms with van der Waals surface area (Å²) in [6, 6.07) is 9.27. The van der Waals surface area contributed by atoms with Crippen LogP contribution in [0.2, 0.25) is 0 Å². The first-order chi connectivity index (χ1) is 10.4. The fraction of sp³-hybridized carbons (Fsp3) is 0.467. The molecule has 0 bridgehead atoms. The lowest BCUT2D eigenvalue weighted by Gasteiger charge is -2.42. The van der Waals surface area contributed by atoms with Crippen LogP contribution in [-0.4, -0.2) is 29.9 Å². The van der Waals surface area contributed by atoms with Gasteiger partial charge in [0, 0.05) is 25.3 Å². The summed E-state index contributed by atoms with van der Waals surface area (Å²) in [5.74, 6) is 0. The third-order valence-electron chi connectivity index (χ3n) is 3.77. The van der Waals surface area contributed by atoms with E-state index in [1.807, 2.05) is 30.3 Å². The van der Waals surface area contributed by atoms with Crippen LogP contribution in [0.25, 0.3) is 0 Å². The fourth-order valence-corrected chi connectivity index (χ4v) is 3.18. The first-order valence-corrected chi connectivity index (χ1v) is 7.12. The highest BCUT2D eigenvalue weighted by molar-refractivity contribution is 5.66. The van der Waals surface area contributed by atoms with Crippen molar-refractivity contribution in [1.82, 2.24) is 0 Å². The number of hydrogen-bond donors (Lipinski definition) is 3. The van der Waals surface area contributed by atoms with Gasteiger partial charge >= 0.3 is 12.2 Å². The average Bonchev–Trinajstić information content (AvgIpc) is 2.36. The lowest BCUT2D eigenvalue weighted by Crippen LogP contribution is -2.52. The molecule has 0 unspecified atom stereocenters. The van der Waals surface area contributed by atoms with Gasteiger partial charge in [-0.05, 0) is 12.0 Å². The molecule has 1 saturated carbocycles. The van der Waals surface area contributed by atoms with Crippen molar-refractivity contribution in [3.8, 4) is 0 Å². The van der Waals surface area contributed by atoms with Crippen LogP contribution in [0.4, 0.5) is 9.59 Å². The van der Waals surface area contributed by atoms with E-state index in [0.717, 1.165) is 5.56 Å². The normalized spacial score (nSPS) is 27.9. The van der Waals surface area contributed by atoms with Gasteiger partial charge in [0.15, 0.2) is 0 Å². The second-order valence-corrected chi connectivity index (χ2v) is 5.73. The standard InChI is InChI=1S/C15H21N3O4/c16-11-6-12(21-13(17)19)9-15(8-11,22-14(18)20)7-10-4-2-1-3-5-10/h1-5,11-12H,6-9,16H2,(H2,17,19)(H2,18,20)/t11-,12+,15-/m1/s1. The molecule has 2 rings (SSSR count). The molecule has 1 aliphatic carbocycles. The van der Waals surface area contributed by atoms with Crippen LogP contribution in [0.15, 0.2) is 30.3 Å². The summed E-state index contributed by atoms with van der Waals surface area (Å²) in [6.07, 6.45) is -0.547. The quantitative estimate of drug-likeness (QED) is 0.764. The Hall–Kier alpha value is -2.28. The van der Waals surface area contributed by atoms with Crippen LogP contribution in [-0.2, 0) is 15.9 Å². The Balaban J connectivity index is 2.22. The zero-order chi connectivity index (χ0) is 16.2. The molecule has 0 heterocycles.